The van der Waals surface area contributed by atoms with Gasteiger partial charge in [0.25, 0.3) is 5.91 Å². The molecule has 9 nitrogen and oxygen atoms in total. The SMILES string of the molecule is O=C(O)C(F)(F)F.O=C1NCCCn2nc(-c3ccnc(-n4cnc(-c5ccccc5)c4)c3)cc21. The Balaban J connectivity index is 0.000000364. The highest BCUT2D eigenvalue weighted by molar-refractivity contribution is 5.93. The third-order valence-electron chi connectivity index (χ3n) is 5.05. The molecule has 0 saturated heterocycles. The highest BCUT2D eigenvalue weighted by Crippen LogP contribution is 2.23. The molecule has 1 amide bonds. The van der Waals surface area contributed by atoms with Gasteiger partial charge >= 0.3 is 12.1 Å². The van der Waals surface area contributed by atoms with Gasteiger partial charge in [-0.3, -0.25) is 14.0 Å². The second-order valence-corrected chi connectivity index (χ2v) is 7.49. The molecule has 0 fully saturated rings. The number of nitrogens with zero attached hydrogens (tertiary/aromatic N) is 5. The van der Waals surface area contributed by atoms with Crippen LogP contribution in [-0.2, 0) is 11.3 Å². The highest BCUT2D eigenvalue weighted by Gasteiger charge is 2.38. The Labute approximate surface area is 196 Å². The molecule has 1 aromatic carbocycles. The molecule has 4 heterocycles. The molecular weight excluding hydrogens is 465 g/mol. The van der Waals surface area contributed by atoms with E-state index in [1.54, 1.807) is 17.2 Å². The van der Waals surface area contributed by atoms with E-state index in [9.17, 15) is 18.0 Å². The first kappa shape index (κ1) is 23.7. The van der Waals surface area contributed by atoms with Crippen molar-refractivity contribution in [1.82, 2.24) is 29.6 Å². The topological polar surface area (TPSA) is 115 Å². The zero-order chi connectivity index (χ0) is 25.0. The van der Waals surface area contributed by atoms with Crippen LogP contribution in [0.15, 0.2) is 67.3 Å². The number of pyridine rings is 1. The summed E-state index contributed by atoms with van der Waals surface area (Å²) >= 11 is 0. The second-order valence-electron chi connectivity index (χ2n) is 7.49. The van der Waals surface area contributed by atoms with E-state index in [2.05, 4.69) is 20.4 Å². The molecule has 0 bridgehead atoms. The van der Waals surface area contributed by atoms with Crippen LogP contribution < -0.4 is 5.32 Å². The zero-order valence-corrected chi connectivity index (χ0v) is 18.1. The molecule has 2 N–H and O–H groups in total. The van der Waals surface area contributed by atoms with Crippen LogP contribution in [-0.4, -0.2) is 54.0 Å². The number of hydrogen-bond donors (Lipinski definition) is 2. The van der Waals surface area contributed by atoms with E-state index in [0.29, 0.717) is 12.2 Å². The van der Waals surface area contributed by atoms with Gasteiger partial charge in [0, 0.05) is 36.6 Å². The largest absolute Gasteiger partial charge is 0.490 e. The van der Waals surface area contributed by atoms with E-state index >= 15 is 0 Å². The van der Waals surface area contributed by atoms with Gasteiger partial charge in [0.05, 0.1) is 11.4 Å². The van der Waals surface area contributed by atoms with Gasteiger partial charge in [0.1, 0.15) is 17.8 Å². The Bertz CT molecular complexity index is 1350. The fraction of sp³-hybridized carbons (Fsp3) is 0.174. The Morgan fingerprint density at radius 1 is 1.03 bits per heavy atom. The molecule has 12 heteroatoms. The zero-order valence-electron chi connectivity index (χ0n) is 18.1. The van der Waals surface area contributed by atoms with Crippen LogP contribution in [0.2, 0.25) is 0 Å². The molecule has 0 spiro atoms. The summed E-state index contributed by atoms with van der Waals surface area (Å²) in [6.07, 6.45) is 1.25. The smallest absolute Gasteiger partial charge is 0.475 e. The summed E-state index contributed by atoms with van der Waals surface area (Å²) < 4.78 is 35.4. The average molecular weight is 484 g/mol. The number of aryl methyl sites for hydroxylation is 1. The van der Waals surface area contributed by atoms with Crippen molar-refractivity contribution in [1.29, 1.82) is 0 Å². The van der Waals surface area contributed by atoms with Crippen LogP contribution in [0.4, 0.5) is 13.2 Å². The predicted molar refractivity (Wildman–Crippen MR) is 119 cm³/mol. The third-order valence-corrected chi connectivity index (χ3v) is 5.05. The number of halogens is 3. The van der Waals surface area contributed by atoms with Gasteiger partial charge < -0.3 is 10.4 Å². The van der Waals surface area contributed by atoms with Gasteiger partial charge in [0.2, 0.25) is 0 Å². The summed E-state index contributed by atoms with van der Waals surface area (Å²) in [5.74, 6) is -2.08. The molecule has 180 valence electrons. The molecule has 0 atom stereocenters. The minimum absolute atomic E-state index is 0.0763. The van der Waals surface area contributed by atoms with Crippen molar-refractivity contribution in [2.75, 3.05) is 6.54 Å². The van der Waals surface area contributed by atoms with Crippen LogP contribution in [0, 0.1) is 0 Å². The molecule has 3 aromatic heterocycles. The maximum Gasteiger partial charge on any atom is 0.490 e. The van der Waals surface area contributed by atoms with Gasteiger partial charge in [-0.1, -0.05) is 30.3 Å². The van der Waals surface area contributed by atoms with Crippen LogP contribution in [0.1, 0.15) is 16.9 Å². The number of carboxylic acids is 1. The molecule has 0 saturated carbocycles. The summed E-state index contributed by atoms with van der Waals surface area (Å²) in [6.45, 7) is 1.41. The monoisotopic (exact) mass is 484 g/mol. The second kappa shape index (κ2) is 9.79. The lowest BCUT2D eigenvalue weighted by Crippen LogP contribution is -2.22. The van der Waals surface area contributed by atoms with Gasteiger partial charge in [0.15, 0.2) is 0 Å². The number of carbonyl (C=O) groups is 2. The first-order chi connectivity index (χ1) is 16.7. The first-order valence-corrected chi connectivity index (χ1v) is 10.4. The number of imidazole rings is 1. The Morgan fingerprint density at radius 3 is 2.49 bits per heavy atom. The lowest BCUT2D eigenvalue weighted by molar-refractivity contribution is -0.192. The molecular formula is C23H19F3N6O3. The van der Waals surface area contributed by atoms with E-state index in [1.165, 1.54) is 0 Å². The van der Waals surface area contributed by atoms with Crippen molar-refractivity contribution >= 4 is 11.9 Å². The van der Waals surface area contributed by atoms with E-state index in [-0.39, 0.29) is 5.91 Å². The quantitative estimate of drug-likeness (QED) is 0.460. The Kier molecular flexibility index (Phi) is 6.62. The van der Waals surface area contributed by atoms with Gasteiger partial charge in [-0.05, 0) is 24.6 Å². The number of aromatic nitrogens is 5. The summed E-state index contributed by atoms with van der Waals surface area (Å²) in [4.78, 5) is 30.0. The number of aliphatic carboxylic acids is 1. The molecule has 0 unspecified atom stereocenters. The minimum atomic E-state index is -5.08. The molecule has 1 aliphatic heterocycles. The van der Waals surface area contributed by atoms with Crippen molar-refractivity contribution < 1.29 is 27.9 Å². The highest BCUT2D eigenvalue weighted by atomic mass is 19.4. The number of hydrogen-bond acceptors (Lipinski definition) is 5. The van der Waals surface area contributed by atoms with Gasteiger partial charge in [-0.15, -0.1) is 0 Å². The van der Waals surface area contributed by atoms with Crippen LogP contribution in [0.3, 0.4) is 0 Å². The maximum absolute atomic E-state index is 12.2. The third kappa shape index (κ3) is 5.54. The van der Waals surface area contributed by atoms with Crippen molar-refractivity contribution in [3.05, 3.63) is 72.9 Å². The average Bonchev–Trinajstić information content (AvgIpc) is 3.47. The fourth-order valence-electron chi connectivity index (χ4n) is 3.36. The van der Waals surface area contributed by atoms with Crippen LogP contribution in [0.25, 0.3) is 28.3 Å². The number of carbonyl (C=O) groups excluding carboxylic acids is 1. The van der Waals surface area contributed by atoms with E-state index in [0.717, 1.165) is 41.3 Å². The van der Waals surface area contributed by atoms with Crippen molar-refractivity contribution in [3.63, 3.8) is 0 Å². The number of fused-ring (bicyclic) bond motifs is 1. The molecule has 1 aliphatic rings. The van der Waals surface area contributed by atoms with E-state index in [1.807, 2.05) is 59.3 Å². The normalized spacial score (nSPS) is 13.2. The van der Waals surface area contributed by atoms with Crippen molar-refractivity contribution in [2.45, 2.75) is 19.1 Å². The van der Waals surface area contributed by atoms with Crippen molar-refractivity contribution in [2.24, 2.45) is 0 Å². The lowest BCUT2D eigenvalue weighted by atomic mass is 10.2. The molecule has 5 rings (SSSR count). The number of nitrogens with one attached hydrogen (secondary N) is 1. The first-order valence-electron chi connectivity index (χ1n) is 10.4. The number of alkyl halides is 3. The van der Waals surface area contributed by atoms with Crippen LogP contribution in [0.5, 0.6) is 0 Å². The van der Waals surface area contributed by atoms with Crippen LogP contribution >= 0.6 is 0 Å². The van der Waals surface area contributed by atoms with E-state index < -0.39 is 12.1 Å². The van der Waals surface area contributed by atoms with Gasteiger partial charge in [-0.2, -0.15) is 18.3 Å². The Hall–Kier alpha value is -4.48. The predicted octanol–water partition coefficient (Wildman–Crippen LogP) is 3.56. The van der Waals surface area contributed by atoms with E-state index in [4.69, 9.17) is 9.90 Å². The summed E-state index contributed by atoms with van der Waals surface area (Å²) in [6, 6.07) is 15.7. The number of rotatable bonds is 3. The summed E-state index contributed by atoms with van der Waals surface area (Å²) in [7, 11) is 0. The molecule has 35 heavy (non-hydrogen) atoms. The standard InChI is InChI=1S/C21H18N6O.C2HF3O2/c28-21-19-12-17(25-27(19)10-4-8-23-21)16-7-9-22-20(11-16)26-13-18(24-14-26)15-5-2-1-3-6-15;3-2(4,5)1(6)7/h1-3,5-7,9,11-14H,4,8,10H2,(H,23,28);(H,6,7). The number of carboxylic acid groups (broad SMARTS) is 1. The minimum Gasteiger partial charge on any atom is -0.475 e. The summed E-state index contributed by atoms with van der Waals surface area (Å²) in [5, 5.41) is 14.6. The lowest BCUT2D eigenvalue weighted by Gasteiger charge is -2.03. The van der Waals surface area contributed by atoms with Gasteiger partial charge in [-0.25, -0.2) is 14.8 Å². The molecule has 0 radical (unpaired) electrons. The molecule has 4 aromatic rings. The number of amides is 1. The molecule has 0 aliphatic carbocycles. The summed E-state index contributed by atoms with van der Waals surface area (Å²) in [5.41, 5.74) is 4.21. The van der Waals surface area contributed by atoms with Crippen molar-refractivity contribution in [3.8, 4) is 28.3 Å². The Morgan fingerprint density at radius 2 is 1.77 bits per heavy atom. The number of benzene rings is 1. The fourth-order valence-corrected chi connectivity index (χ4v) is 3.36. The maximum atomic E-state index is 12.2.